The number of rotatable bonds is 6. The van der Waals surface area contributed by atoms with Gasteiger partial charge in [0.25, 0.3) is 0 Å². The molecule has 0 radical (unpaired) electrons. The molecule has 1 saturated carbocycles. The zero-order chi connectivity index (χ0) is 12.3. The molecule has 2 rings (SSSR count). The molecule has 1 amide bonds. The quantitative estimate of drug-likeness (QED) is 0.763. The smallest absolute Gasteiger partial charge is 0.249 e. The van der Waals surface area contributed by atoms with Crippen molar-refractivity contribution in [2.45, 2.75) is 25.4 Å². The maximum absolute atomic E-state index is 11.3. The van der Waals surface area contributed by atoms with Gasteiger partial charge in [0.15, 0.2) is 0 Å². The van der Waals surface area contributed by atoms with Gasteiger partial charge in [-0.2, -0.15) is 0 Å². The minimum Gasteiger partial charge on any atom is -0.395 e. The monoisotopic (exact) mass is 234 g/mol. The highest BCUT2D eigenvalue weighted by atomic mass is 16.3. The fraction of sp³-hybridized carbons (Fsp3) is 0.462. The van der Waals surface area contributed by atoms with Gasteiger partial charge in [0, 0.05) is 24.7 Å². The van der Waals surface area contributed by atoms with Gasteiger partial charge < -0.3 is 10.8 Å². The van der Waals surface area contributed by atoms with Crippen LogP contribution in [0.25, 0.3) is 0 Å². The Morgan fingerprint density at radius 2 is 2.12 bits per heavy atom. The van der Waals surface area contributed by atoms with Gasteiger partial charge in [-0.25, -0.2) is 0 Å². The number of aliphatic hydroxyl groups excluding tert-OH is 1. The molecule has 0 saturated heterocycles. The lowest BCUT2D eigenvalue weighted by atomic mass is 10.1. The maximum atomic E-state index is 11.3. The van der Waals surface area contributed by atoms with E-state index in [-0.39, 0.29) is 12.5 Å². The van der Waals surface area contributed by atoms with Crippen molar-refractivity contribution in [3.8, 4) is 0 Å². The molecule has 1 fully saturated rings. The van der Waals surface area contributed by atoms with Crippen molar-refractivity contribution < 1.29 is 9.90 Å². The molecule has 0 aromatic heterocycles. The third-order valence-electron chi connectivity index (χ3n) is 3.11. The molecule has 0 spiro atoms. The van der Waals surface area contributed by atoms with Crippen LogP contribution in [0.2, 0.25) is 0 Å². The number of hydrogen-bond donors (Lipinski definition) is 2. The zero-order valence-corrected chi connectivity index (χ0v) is 9.80. The van der Waals surface area contributed by atoms with E-state index < -0.39 is 0 Å². The molecule has 1 aliphatic carbocycles. The molecule has 0 aliphatic heterocycles. The fourth-order valence-electron chi connectivity index (χ4n) is 2.08. The van der Waals surface area contributed by atoms with Gasteiger partial charge in [0.1, 0.15) is 0 Å². The van der Waals surface area contributed by atoms with Gasteiger partial charge >= 0.3 is 0 Å². The molecule has 0 unspecified atom stereocenters. The first kappa shape index (κ1) is 12.1. The van der Waals surface area contributed by atoms with E-state index in [0.29, 0.717) is 24.7 Å². The van der Waals surface area contributed by atoms with Gasteiger partial charge in [-0.05, 0) is 24.5 Å². The minimum absolute atomic E-state index is 0.148. The van der Waals surface area contributed by atoms with E-state index >= 15 is 0 Å². The first-order chi connectivity index (χ1) is 8.22. The maximum Gasteiger partial charge on any atom is 0.249 e. The normalized spacial score (nSPS) is 15.2. The lowest BCUT2D eigenvalue weighted by molar-refractivity contribution is 0.0997. The van der Waals surface area contributed by atoms with Gasteiger partial charge in [0.2, 0.25) is 5.91 Å². The summed E-state index contributed by atoms with van der Waals surface area (Å²) >= 11 is 0. The Hall–Kier alpha value is -1.39. The third-order valence-corrected chi connectivity index (χ3v) is 3.11. The number of aliphatic hydroxyl groups is 1. The molecule has 0 bridgehead atoms. The summed E-state index contributed by atoms with van der Waals surface area (Å²) in [7, 11) is 0. The van der Waals surface area contributed by atoms with Gasteiger partial charge in [-0.3, -0.25) is 9.69 Å². The van der Waals surface area contributed by atoms with E-state index in [1.165, 1.54) is 12.8 Å². The molecule has 92 valence electrons. The summed E-state index contributed by atoms with van der Waals surface area (Å²) in [5.41, 5.74) is 6.87. The summed E-state index contributed by atoms with van der Waals surface area (Å²) in [6.45, 7) is 1.48. The lowest BCUT2D eigenvalue weighted by Gasteiger charge is -2.21. The lowest BCUT2D eigenvalue weighted by Crippen LogP contribution is -2.29. The number of carbonyl (C=O) groups excluding carboxylic acids is 1. The second-order valence-corrected chi connectivity index (χ2v) is 4.45. The van der Waals surface area contributed by atoms with E-state index in [9.17, 15) is 4.79 Å². The first-order valence-corrected chi connectivity index (χ1v) is 5.95. The van der Waals surface area contributed by atoms with Gasteiger partial charge in [-0.15, -0.1) is 0 Å². The van der Waals surface area contributed by atoms with Crippen molar-refractivity contribution >= 4 is 5.91 Å². The van der Waals surface area contributed by atoms with Crippen molar-refractivity contribution in [2.75, 3.05) is 13.2 Å². The van der Waals surface area contributed by atoms with Crippen molar-refractivity contribution in [3.63, 3.8) is 0 Å². The summed E-state index contributed by atoms with van der Waals surface area (Å²) in [4.78, 5) is 13.5. The molecule has 4 heteroatoms. The standard InChI is InChI=1S/C13H18N2O2/c14-13(17)12-4-2-1-3-10(12)9-15(7-8-16)11-5-6-11/h1-4,11,16H,5-9H2,(H2,14,17). The molecule has 1 aromatic carbocycles. The Kier molecular flexibility index (Phi) is 3.76. The number of benzene rings is 1. The van der Waals surface area contributed by atoms with Gasteiger partial charge in [0.05, 0.1) is 6.61 Å². The van der Waals surface area contributed by atoms with Crippen LogP contribution in [0.4, 0.5) is 0 Å². The highest BCUT2D eigenvalue weighted by Crippen LogP contribution is 2.28. The van der Waals surface area contributed by atoms with Crippen LogP contribution in [0.5, 0.6) is 0 Å². The fourth-order valence-corrected chi connectivity index (χ4v) is 2.08. The summed E-state index contributed by atoms with van der Waals surface area (Å²) in [5.74, 6) is -0.389. The van der Waals surface area contributed by atoms with E-state index in [0.717, 1.165) is 5.56 Å². The molecular weight excluding hydrogens is 216 g/mol. The van der Waals surface area contributed by atoms with Crippen LogP contribution in [0.3, 0.4) is 0 Å². The minimum atomic E-state index is -0.389. The van der Waals surface area contributed by atoms with Crippen molar-refractivity contribution in [1.82, 2.24) is 4.90 Å². The Morgan fingerprint density at radius 3 is 2.71 bits per heavy atom. The highest BCUT2D eigenvalue weighted by Gasteiger charge is 2.28. The van der Waals surface area contributed by atoms with Crippen molar-refractivity contribution in [2.24, 2.45) is 5.73 Å². The number of primary amides is 1. The Balaban J connectivity index is 2.13. The Morgan fingerprint density at radius 1 is 1.41 bits per heavy atom. The van der Waals surface area contributed by atoms with Crippen LogP contribution in [-0.2, 0) is 6.54 Å². The topological polar surface area (TPSA) is 66.6 Å². The number of carbonyl (C=O) groups is 1. The van der Waals surface area contributed by atoms with Crippen LogP contribution in [0.1, 0.15) is 28.8 Å². The molecular formula is C13H18N2O2. The number of hydrogen-bond acceptors (Lipinski definition) is 3. The zero-order valence-electron chi connectivity index (χ0n) is 9.80. The van der Waals surface area contributed by atoms with Crippen molar-refractivity contribution in [1.29, 1.82) is 0 Å². The van der Waals surface area contributed by atoms with E-state index in [2.05, 4.69) is 4.90 Å². The van der Waals surface area contributed by atoms with Crippen molar-refractivity contribution in [3.05, 3.63) is 35.4 Å². The van der Waals surface area contributed by atoms with Crippen LogP contribution in [0, 0.1) is 0 Å². The molecule has 17 heavy (non-hydrogen) atoms. The highest BCUT2D eigenvalue weighted by molar-refractivity contribution is 5.94. The molecule has 3 N–H and O–H groups in total. The summed E-state index contributed by atoms with van der Waals surface area (Å²) in [6.07, 6.45) is 2.36. The van der Waals surface area contributed by atoms with Crippen LogP contribution in [-0.4, -0.2) is 35.1 Å². The van der Waals surface area contributed by atoms with E-state index in [1.54, 1.807) is 6.07 Å². The molecule has 1 aliphatic rings. The molecule has 4 nitrogen and oxygen atoms in total. The summed E-state index contributed by atoms with van der Waals surface area (Å²) in [5, 5.41) is 9.04. The second kappa shape index (κ2) is 5.29. The van der Waals surface area contributed by atoms with Crippen LogP contribution in [0.15, 0.2) is 24.3 Å². The first-order valence-electron chi connectivity index (χ1n) is 5.95. The van der Waals surface area contributed by atoms with Crippen LogP contribution < -0.4 is 5.73 Å². The largest absolute Gasteiger partial charge is 0.395 e. The van der Waals surface area contributed by atoms with E-state index in [1.807, 2.05) is 18.2 Å². The molecule has 0 heterocycles. The summed E-state index contributed by atoms with van der Waals surface area (Å²) < 4.78 is 0. The molecule has 0 atom stereocenters. The number of amides is 1. The van der Waals surface area contributed by atoms with E-state index in [4.69, 9.17) is 10.8 Å². The molecule has 1 aromatic rings. The Bertz CT molecular complexity index is 402. The Labute approximate surface area is 101 Å². The average Bonchev–Trinajstić information content (AvgIpc) is 3.13. The number of nitrogens with two attached hydrogens (primary N) is 1. The van der Waals surface area contributed by atoms with Gasteiger partial charge in [-0.1, -0.05) is 18.2 Å². The predicted molar refractivity (Wildman–Crippen MR) is 65.5 cm³/mol. The van der Waals surface area contributed by atoms with Crippen LogP contribution >= 0.6 is 0 Å². The number of nitrogens with zero attached hydrogens (tertiary/aromatic N) is 1. The second-order valence-electron chi connectivity index (χ2n) is 4.45. The predicted octanol–water partition coefficient (Wildman–Crippen LogP) is 0.742. The average molecular weight is 234 g/mol. The third kappa shape index (κ3) is 3.05. The summed E-state index contributed by atoms with van der Waals surface area (Å²) in [6, 6.07) is 7.96. The SMILES string of the molecule is NC(=O)c1ccccc1CN(CCO)C1CC1.